The molecule has 0 aliphatic heterocycles. The van der Waals surface area contributed by atoms with Gasteiger partial charge in [-0.1, -0.05) is 12.2 Å². The second-order valence-electron chi connectivity index (χ2n) is 3.96. The SMILES string of the molecule is Cn1c(=S)c2c(ncn2CCCN)n(C)c1=O. The average molecular weight is 253 g/mol. The Hall–Kier alpha value is -1.47. The Balaban J connectivity index is 2.77. The smallest absolute Gasteiger partial charge is 0.330 e. The van der Waals surface area contributed by atoms with E-state index in [1.54, 1.807) is 20.4 Å². The summed E-state index contributed by atoms with van der Waals surface area (Å²) in [4.78, 5) is 16.1. The van der Waals surface area contributed by atoms with Crippen LogP contribution < -0.4 is 11.4 Å². The van der Waals surface area contributed by atoms with Gasteiger partial charge >= 0.3 is 5.69 Å². The lowest BCUT2D eigenvalue weighted by molar-refractivity contribution is 0.658. The van der Waals surface area contributed by atoms with Gasteiger partial charge < -0.3 is 10.3 Å². The molecule has 2 heterocycles. The van der Waals surface area contributed by atoms with E-state index in [9.17, 15) is 4.79 Å². The maximum atomic E-state index is 11.8. The number of aryl methyl sites for hydroxylation is 2. The first-order valence-electron chi connectivity index (χ1n) is 5.39. The Bertz CT molecular complexity index is 666. The van der Waals surface area contributed by atoms with Crippen molar-refractivity contribution < 1.29 is 0 Å². The fourth-order valence-electron chi connectivity index (χ4n) is 1.83. The Morgan fingerprint density at radius 3 is 2.76 bits per heavy atom. The van der Waals surface area contributed by atoms with Crippen molar-refractivity contribution in [3.8, 4) is 0 Å². The molecular weight excluding hydrogens is 238 g/mol. The topological polar surface area (TPSA) is 70.8 Å². The number of rotatable bonds is 3. The number of fused-ring (bicyclic) bond motifs is 1. The molecule has 0 saturated carbocycles. The molecule has 0 bridgehead atoms. The standard InChI is InChI=1S/C10H15N5OS/c1-13-8-7(9(17)14(2)10(13)16)15(6-12-8)5-3-4-11/h6H,3-5,11H2,1-2H3. The summed E-state index contributed by atoms with van der Waals surface area (Å²) in [5.41, 5.74) is 6.77. The molecule has 2 aromatic heterocycles. The number of aromatic nitrogens is 4. The third-order valence-electron chi connectivity index (χ3n) is 2.82. The highest BCUT2D eigenvalue weighted by molar-refractivity contribution is 7.71. The van der Waals surface area contributed by atoms with Crippen molar-refractivity contribution in [2.45, 2.75) is 13.0 Å². The second kappa shape index (κ2) is 4.42. The maximum Gasteiger partial charge on any atom is 0.330 e. The predicted molar refractivity (Wildman–Crippen MR) is 68.5 cm³/mol. The quantitative estimate of drug-likeness (QED) is 0.791. The molecule has 2 aromatic rings. The van der Waals surface area contributed by atoms with Gasteiger partial charge in [0.1, 0.15) is 10.2 Å². The van der Waals surface area contributed by atoms with Gasteiger partial charge in [-0.25, -0.2) is 9.78 Å². The lowest BCUT2D eigenvalue weighted by atomic mass is 10.4. The summed E-state index contributed by atoms with van der Waals surface area (Å²) in [6.07, 6.45) is 2.56. The third-order valence-corrected chi connectivity index (χ3v) is 3.29. The summed E-state index contributed by atoms with van der Waals surface area (Å²) < 4.78 is 5.42. The van der Waals surface area contributed by atoms with Gasteiger partial charge in [0.15, 0.2) is 5.65 Å². The minimum Gasteiger partial charge on any atom is -0.330 e. The summed E-state index contributed by atoms with van der Waals surface area (Å²) >= 11 is 5.29. The van der Waals surface area contributed by atoms with E-state index in [4.69, 9.17) is 18.0 Å². The van der Waals surface area contributed by atoms with E-state index in [1.807, 2.05) is 4.57 Å². The number of nitrogens with two attached hydrogens (primary N) is 1. The molecule has 92 valence electrons. The van der Waals surface area contributed by atoms with Crippen LogP contribution in [-0.2, 0) is 20.6 Å². The Morgan fingerprint density at radius 2 is 2.12 bits per heavy atom. The monoisotopic (exact) mass is 253 g/mol. The molecule has 6 nitrogen and oxygen atoms in total. The zero-order valence-corrected chi connectivity index (χ0v) is 10.7. The number of hydrogen-bond acceptors (Lipinski definition) is 4. The second-order valence-corrected chi connectivity index (χ2v) is 4.34. The van der Waals surface area contributed by atoms with Crippen LogP contribution in [-0.4, -0.2) is 25.2 Å². The lowest BCUT2D eigenvalue weighted by Gasteiger charge is -2.07. The molecule has 0 aliphatic rings. The summed E-state index contributed by atoms with van der Waals surface area (Å²) in [5, 5.41) is 0. The van der Waals surface area contributed by atoms with E-state index < -0.39 is 0 Å². The molecule has 0 saturated heterocycles. The van der Waals surface area contributed by atoms with Crippen LogP contribution in [0, 0.1) is 4.64 Å². The summed E-state index contributed by atoms with van der Waals surface area (Å²) in [7, 11) is 3.37. The fraction of sp³-hybridized carbons (Fsp3) is 0.500. The van der Waals surface area contributed by atoms with Gasteiger partial charge in [-0.05, 0) is 13.0 Å². The van der Waals surface area contributed by atoms with Gasteiger partial charge in [-0.3, -0.25) is 9.13 Å². The molecule has 2 rings (SSSR count). The first-order chi connectivity index (χ1) is 8.07. The van der Waals surface area contributed by atoms with Gasteiger partial charge in [0.05, 0.1) is 6.33 Å². The third kappa shape index (κ3) is 1.81. The van der Waals surface area contributed by atoms with Gasteiger partial charge in [0.25, 0.3) is 0 Å². The maximum absolute atomic E-state index is 11.8. The minimum absolute atomic E-state index is 0.161. The summed E-state index contributed by atoms with van der Waals surface area (Å²) in [5.74, 6) is 0. The van der Waals surface area contributed by atoms with E-state index in [2.05, 4.69) is 4.98 Å². The molecule has 0 unspecified atom stereocenters. The van der Waals surface area contributed by atoms with Crippen LogP contribution >= 0.6 is 12.2 Å². The zero-order chi connectivity index (χ0) is 12.6. The van der Waals surface area contributed by atoms with Crippen molar-refractivity contribution in [2.75, 3.05) is 6.54 Å². The van der Waals surface area contributed by atoms with Crippen molar-refractivity contribution in [1.82, 2.24) is 18.7 Å². The summed E-state index contributed by atoms with van der Waals surface area (Å²) in [6.45, 7) is 1.37. The molecule has 0 aliphatic carbocycles. The predicted octanol–water partition coefficient (Wildman–Crippen LogP) is 0.152. The highest BCUT2D eigenvalue weighted by Gasteiger charge is 2.11. The molecule has 17 heavy (non-hydrogen) atoms. The van der Waals surface area contributed by atoms with Crippen LogP contribution in [0.5, 0.6) is 0 Å². The molecule has 0 amide bonds. The average Bonchev–Trinajstić information content (AvgIpc) is 2.75. The van der Waals surface area contributed by atoms with E-state index in [-0.39, 0.29) is 5.69 Å². The Morgan fingerprint density at radius 1 is 1.41 bits per heavy atom. The van der Waals surface area contributed by atoms with E-state index in [0.717, 1.165) is 18.5 Å². The number of hydrogen-bond donors (Lipinski definition) is 1. The molecule has 2 N–H and O–H groups in total. The molecule has 7 heteroatoms. The molecule has 0 fully saturated rings. The molecule has 0 radical (unpaired) electrons. The van der Waals surface area contributed by atoms with Gasteiger partial charge in [-0.2, -0.15) is 0 Å². The van der Waals surface area contributed by atoms with Crippen molar-refractivity contribution in [1.29, 1.82) is 0 Å². The van der Waals surface area contributed by atoms with Crippen LogP contribution in [0.4, 0.5) is 0 Å². The molecule has 0 aromatic carbocycles. The lowest BCUT2D eigenvalue weighted by Crippen LogP contribution is -2.28. The van der Waals surface area contributed by atoms with Crippen LogP contribution in [0.3, 0.4) is 0 Å². The van der Waals surface area contributed by atoms with Gasteiger partial charge in [0.2, 0.25) is 0 Å². The number of imidazole rings is 1. The normalized spacial score (nSPS) is 11.2. The molecule has 0 spiro atoms. The van der Waals surface area contributed by atoms with E-state index in [0.29, 0.717) is 16.8 Å². The number of nitrogens with zero attached hydrogens (tertiary/aromatic N) is 4. The van der Waals surface area contributed by atoms with Crippen molar-refractivity contribution >= 4 is 23.4 Å². The van der Waals surface area contributed by atoms with Crippen LogP contribution in [0.2, 0.25) is 0 Å². The van der Waals surface area contributed by atoms with Gasteiger partial charge in [-0.15, -0.1) is 0 Å². The first kappa shape index (κ1) is 12.0. The summed E-state index contributed by atoms with van der Waals surface area (Å²) in [6, 6.07) is 0. The van der Waals surface area contributed by atoms with Crippen molar-refractivity contribution in [3.63, 3.8) is 0 Å². The highest BCUT2D eigenvalue weighted by Crippen LogP contribution is 2.12. The van der Waals surface area contributed by atoms with E-state index in [1.165, 1.54) is 9.13 Å². The fourth-order valence-corrected chi connectivity index (χ4v) is 2.11. The first-order valence-corrected chi connectivity index (χ1v) is 5.79. The zero-order valence-electron chi connectivity index (χ0n) is 9.88. The molecular formula is C10H15N5OS. The Kier molecular flexibility index (Phi) is 3.12. The van der Waals surface area contributed by atoms with Crippen molar-refractivity contribution in [3.05, 3.63) is 21.5 Å². The van der Waals surface area contributed by atoms with Crippen LogP contribution in [0.15, 0.2) is 11.1 Å². The van der Waals surface area contributed by atoms with Crippen LogP contribution in [0.25, 0.3) is 11.2 Å². The Labute approximate surface area is 103 Å². The minimum atomic E-state index is -0.161. The highest BCUT2D eigenvalue weighted by atomic mass is 32.1. The van der Waals surface area contributed by atoms with E-state index >= 15 is 0 Å². The van der Waals surface area contributed by atoms with Crippen molar-refractivity contribution in [2.24, 2.45) is 19.8 Å². The largest absolute Gasteiger partial charge is 0.330 e. The van der Waals surface area contributed by atoms with Crippen LogP contribution in [0.1, 0.15) is 6.42 Å². The van der Waals surface area contributed by atoms with Gasteiger partial charge in [0, 0.05) is 20.6 Å². The molecule has 0 atom stereocenters.